The van der Waals surface area contributed by atoms with Gasteiger partial charge in [-0.1, -0.05) is 0 Å². The molecule has 0 bridgehead atoms. The monoisotopic (exact) mass is 239 g/mol. The van der Waals surface area contributed by atoms with E-state index < -0.39 is 0 Å². The number of rotatable bonds is 12. The van der Waals surface area contributed by atoms with E-state index in [1.165, 1.54) is 0 Å². The molecular weight excluding hydrogens is 220 g/mol. The zero-order valence-electron chi connectivity index (χ0n) is 9.25. The van der Waals surface area contributed by atoms with Crippen LogP contribution in [-0.2, 0) is 18.9 Å². The summed E-state index contributed by atoms with van der Waals surface area (Å²) >= 11 is 5.43. The van der Waals surface area contributed by atoms with Crippen LogP contribution in [0.25, 0.3) is 0 Å². The van der Waals surface area contributed by atoms with Crippen LogP contribution in [-0.4, -0.2) is 59.2 Å². The summed E-state index contributed by atoms with van der Waals surface area (Å²) < 4.78 is 20.5. The average Bonchev–Trinajstić information content (AvgIpc) is 2.26. The number of alkyl halides is 1. The summed E-state index contributed by atoms with van der Waals surface area (Å²) in [4.78, 5) is 0. The van der Waals surface area contributed by atoms with Crippen LogP contribution in [0.15, 0.2) is 0 Å². The van der Waals surface area contributed by atoms with Crippen LogP contribution in [0.2, 0.25) is 0 Å². The van der Waals surface area contributed by atoms with Crippen molar-refractivity contribution in [1.82, 2.24) is 0 Å². The highest BCUT2D eigenvalue weighted by Gasteiger charge is 1.91. The summed E-state index contributed by atoms with van der Waals surface area (Å²) in [5, 5.41) is 0. The summed E-state index contributed by atoms with van der Waals surface area (Å²) in [5.41, 5.74) is 0. The Hall–Kier alpha value is 0.130. The SMILES string of the molecule is COCCOCCOCCOC[CH]CCl. The number of methoxy groups -OCH3 is 1. The normalized spacial score (nSPS) is 10.8. The van der Waals surface area contributed by atoms with Crippen molar-refractivity contribution in [1.29, 1.82) is 0 Å². The molecular formula is C10H20ClO4. The van der Waals surface area contributed by atoms with Gasteiger partial charge in [0.1, 0.15) is 0 Å². The minimum absolute atomic E-state index is 0.522. The van der Waals surface area contributed by atoms with E-state index in [9.17, 15) is 0 Å². The predicted octanol–water partition coefficient (Wildman–Crippen LogP) is 1.13. The first-order valence-corrected chi connectivity index (χ1v) is 5.55. The van der Waals surface area contributed by atoms with Gasteiger partial charge in [0, 0.05) is 19.4 Å². The van der Waals surface area contributed by atoms with E-state index in [0.29, 0.717) is 52.1 Å². The maximum atomic E-state index is 5.43. The van der Waals surface area contributed by atoms with Gasteiger partial charge in [-0.25, -0.2) is 0 Å². The van der Waals surface area contributed by atoms with Gasteiger partial charge in [-0.05, 0) is 0 Å². The van der Waals surface area contributed by atoms with Gasteiger partial charge in [0.05, 0.1) is 46.2 Å². The topological polar surface area (TPSA) is 36.9 Å². The van der Waals surface area contributed by atoms with Crippen molar-refractivity contribution < 1.29 is 18.9 Å². The summed E-state index contributed by atoms with van der Waals surface area (Å²) in [6, 6.07) is 0. The van der Waals surface area contributed by atoms with Crippen LogP contribution in [0.3, 0.4) is 0 Å². The van der Waals surface area contributed by atoms with Crippen molar-refractivity contribution in [2.75, 3.05) is 59.2 Å². The Morgan fingerprint density at radius 1 is 0.867 bits per heavy atom. The molecule has 0 N–H and O–H groups in total. The number of hydrogen-bond acceptors (Lipinski definition) is 4. The third kappa shape index (κ3) is 14.1. The lowest BCUT2D eigenvalue weighted by molar-refractivity contribution is 0.00622. The van der Waals surface area contributed by atoms with E-state index in [2.05, 4.69) is 0 Å². The largest absolute Gasteiger partial charge is 0.382 e. The minimum Gasteiger partial charge on any atom is -0.382 e. The Bertz CT molecular complexity index is 102. The van der Waals surface area contributed by atoms with E-state index in [-0.39, 0.29) is 0 Å². The van der Waals surface area contributed by atoms with E-state index >= 15 is 0 Å². The summed E-state index contributed by atoms with van der Waals surface area (Å²) in [7, 11) is 1.65. The maximum Gasteiger partial charge on any atom is 0.0701 e. The van der Waals surface area contributed by atoms with Crippen molar-refractivity contribution in [3.8, 4) is 0 Å². The highest BCUT2D eigenvalue weighted by Crippen LogP contribution is 1.85. The van der Waals surface area contributed by atoms with Gasteiger partial charge in [0.15, 0.2) is 0 Å². The van der Waals surface area contributed by atoms with Crippen LogP contribution >= 0.6 is 11.6 Å². The summed E-state index contributed by atoms with van der Waals surface area (Å²) in [6.07, 6.45) is 1.86. The van der Waals surface area contributed by atoms with E-state index in [1.54, 1.807) is 7.11 Å². The first-order valence-electron chi connectivity index (χ1n) is 5.01. The number of halogens is 1. The molecule has 0 fully saturated rings. The Balaban J connectivity index is 2.81. The van der Waals surface area contributed by atoms with Crippen molar-refractivity contribution in [3.63, 3.8) is 0 Å². The molecule has 0 spiro atoms. The molecule has 0 aliphatic rings. The molecule has 15 heavy (non-hydrogen) atoms. The van der Waals surface area contributed by atoms with Crippen molar-refractivity contribution in [3.05, 3.63) is 6.42 Å². The van der Waals surface area contributed by atoms with Gasteiger partial charge in [-0.15, -0.1) is 11.6 Å². The molecule has 0 aromatic rings. The smallest absolute Gasteiger partial charge is 0.0701 e. The number of ether oxygens (including phenoxy) is 4. The fourth-order valence-electron chi connectivity index (χ4n) is 0.793. The lowest BCUT2D eigenvalue weighted by Gasteiger charge is -2.05. The predicted molar refractivity (Wildman–Crippen MR) is 59.4 cm³/mol. The molecule has 0 aliphatic carbocycles. The molecule has 0 atom stereocenters. The van der Waals surface area contributed by atoms with Crippen molar-refractivity contribution in [2.45, 2.75) is 0 Å². The van der Waals surface area contributed by atoms with Crippen LogP contribution in [0.4, 0.5) is 0 Å². The van der Waals surface area contributed by atoms with Gasteiger partial charge in [0.25, 0.3) is 0 Å². The lowest BCUT2D eigenvalue weighted by atomic mass is 10.5. The molecule has 0 rings (SSSR count). The molecule has 0 saturated heterocycles. The maximum absolute atomic E-state index is 5.43. The van der Waals surface area contributed by atoms with Crippen LogP contribution in [0, 0.1) is 6.42 Å². The summed E-state index contributed by atoms with van der Waals surface area (Å²) in [5.74, 6) is 0.522. The third-order valence-corrected chi connectivity index (χ3v) is 1.74. The Morgan fingerprint density at radius 2 is 1.40 bits per heavy atom. The lowest BCUT2D eigenvalue weighted by Crippen LogP contribution is -2.11. The van der Waals surface area contributed by atoms with Gasteiger partial charge in [-0.2, -0.15) is 0 Å². The fraction of sp³-hybridized carbons (Fsp3) is 0.900. The van der Waals surface area contributed by atoms with Crippen LogP contribution < -0.4 is 0 Å². The standard InChI is InChI=1S/C10H20ClO4/c1-12-5-6-14-9-10-15-8-7-13-4-2-3-11/h2H,3-10H2,1H3. The minimum atomic E-state index is 0.522. The Morgan fingerprint density at radius 3 is 1.93 bits per heavy atom. The number of hydrogen-bond donors (Lipinski definition) is 0. The quantitative estimate of drug-likeness (QED) is 0.378. The molecule has 0 heterocycles. The average molecular weight is 240 g/mol. The first kappa shape index (κ1) is 15.1. The van der Waals surface area contributed by atoms with Gasteiger partial charge in [-0.3, -0.25) is 0 Å². The fourth-order valence-corrected chi connectivity index (χ4v) is 0.882. The second-order valence-corrected chi connectivity index (χ2v) is 3.04. The van der Waals surface area contributed by atoms with Gasteiger partial charge >= 0.3 is 0 Å². The van der Waals surface area contributed by atoms with Crippen LogP contribution in [0.1, 0.15) is 0 Å². The Labute approximate surface area is 96.8 Å². The molecule has 0 unspecified atom stereocenters. The zero-order valence-corrected chi connectivity index (χ0v) is 10.0. The first-order chi connectivity index (χ1) is 7.41. The van der Waals surface area contributed by atoms with Gasteiger partial charge < -0.3 is 18.9 Å². The summed E-state index contributed by atoms with van der Waals surface area (Å²) in [6.45, 7) is 4.17. The highest BCUT2D eigenvalue weighted by molar-refractivity contribution is 6.18. The van der Waals surface area contributed by atoms with Crippen molar-refractivity contribution in [2.24, 2.45) is 0 Å². The van der Waals surface area contributed by atoms with E-state index in [0.717, 1.165) is 0 Å². The van der Waals surface area contributed by atoms with E-state index in [4.69, 9.17) is 30.5 Å². The third-order valence-electron chi connectivity index (χ3n) is 1.52. The van der Waals surface area contributed by atoms with E-state index in [1.807, 2.05) is 6.42 Å². The molecule has 4 nitrogen and oxygen atoms in total. The zero-order chi connectivity index (χ0) is 11.2. The van der Waals surface area contributed by atoms with Gasteiger partial charge in [0.2, 0.25) is 0 Å². The molecule has 1 radical (unpaired) electrons. The second kappa shape index (κ2) is 14.1. The molecule has 5 heteroatoms. The highest BCUT2D eigenvalue weighted by atomic mass is 35.5. The molecule has 0 aliphatic heterocycles. The molecule has 0 aromatic heterocycles. The molecule has 91 valence electrons. The van der Waals surface area contributed by atoms with Crippen LogP contribution in [0.5, 0.6) is 0 Å². The molecule has 0 saturated carbocycles. The molecule has 0 aromatic carbocycles. The second-order valence-electron chi connectivity index (χ2n) is 2.74. The van der Waals surface area contributed by atoms with Crippen molar-refractivity contribution >= 4 is 11.6 Å². The Kier molecular flexibility index (Phi) is 14.3. The molecule has 0 amide bonds.